The summed E-state index contributed by atoms with van der Waals surface area (Å²) >= 11 is 4.00. The summed E-state index contributed by atoms with van der Waals surface area (Å²) in [6.07, 6.45) is 3.62. The van der Waals surface area contributed by atoms with Crippen LogP contribution in [-0.4, -0.2) is 31.8 Å². The molecule has 0 aliphatic carbocycles. The average Bonchev–Trinajstić information content (AvgIpc) is 3.00. The van der Waals surface area contributed by atoms with Crippen molar-refractivity contribution >= 4 is 45.1 Å². The molecule has 0 aliphatic heterocycles. The fourth-order valence-corrected chi connectivity index (χ4v) is 4.91. The van der Waals surface area contributed by atoms with E-state index < -0.39 is 0 Å². The highest BCUT2D eigenvalue weighted by Gasteiger charge is 2.19. The van der Waals surface area contributed by atoms with Gasteiger partial charge in [-0.15, -0.1) is 11.8 Å². The second-order valence-corrected chi connectivity index (χ2v) is 9.59. The van der Waals surface area contributed by atoms with Crippen LogP contribution in [-0.2, 0) is 20.0 Å². The number of halogens is 1. The van der Waals surface area contributed by atoms with Gasteiger partial charge < -0.3 is 9.67 Å². The van der Waals surface area contributed by atoms with Gasteiger partial charge in [0.25, 0.3) is 5.56 Å². The van der Waals surface area contributed by atoms with Gasteiger partial charge in [0.1, 0.15) is 0 Å². The van der Waals surface area contributed by atoms with Crippen LogP contribution in [0.5, 0.6) is 0 Å². The lowest BCUT2D eigenvalue weighted by Gasteiger charge is -2.11. The molecule has 2 aromatic heterocycles. The molecular weight excluding hydrogens is 483 g/mol. The third-order valence-corrected chi connectivity index (χ3v) is 6.82. The smallest absolute Gasteiger partial charge is 0.277 e. The molecular formula is C21H26IN3O2S. The Balaban J connectivity index is 2.18. The molecule has 0 aliphatic rings. The zero-order valence-electron chi connectivity index (χ0n) is 16.5. The second-order valence-electron chi connectivity index (χ2n) is 7.34. The molecule has 0 saturated heterocycles. The summed E-state index contributed by atoms with van der Waals surface area (Å²) in [6.45, 7) is 5.19. The molecule has 28 heavy (non-hydrogen) atoms. The SMILES string of the molecule is CC(C)Cc1nn(C)c(=O)c2c(SCCCO)n(Cc3ccccc3[125I])cc12. The highest BCUT2D eigenvalue weighted by Crippen LogP contribution is 2.31. The van der Waals surface area contributed by atoms with Crippen LogP contribution in [0.2, 0.25) is 0 Å². The van der Waals surface area contributed by atoms with Crippen molar-refractivity contribution < 1.29 is 5.11 Å². The zero-order chi connectivity index (χ0) is 20.3. The maximum Gasteiger partial charge on any atom is 0.277 e. The molecule has 3 rings (SSSR count). The minimum atomic E-state index is -0.0597. The quantitative estimate of drug-likeness (QED) is 0.283. The van der Waals surface area contributed by atoms with Crippen LogP contribution in [0.3, 0.4) is 0 Å². The molecule has 0 atom stereocenters. The molecule has 2 heterocycles. The van der Waals surface area contributed by atoms with E-state index in [4.69, 9.17) is 0 Å². The van der Waals surface area contributed by atoms with Crippen molar-refractivity contribution in [2.45, 2.75) is 38.3 Å². The van der Waals surface area contributed by atoms with Gasteiger partial charge in [-0.3, -0.25) is 4.79 Å². The summed E-state index contributed by atoms with van der Waals surface area (Å²) in [7, 11) is 1.73. The second kappa shape index (κ2) is 9.45. The van der Waals surface area contributed by atoms with Crippen molar-refractivity contribution in [2.75, 3.05) is 12.4 Å². The third-order valence-electron chi connectivity index (χ3n) is 4.56. The van der Waals surface area contributed by atoms with E-state index >= 15 is 0 Å². The van der Waals surface area contributed by atoms with Gasteiger partial charge in [0, 0.05) is 41.1 Å². The zero-order valence-corrected chi connectivity index (χ0v) is 19.5. The van der Waals surface area contributed by atoms with E-state index in [1.807, 2.05) is 12.1 Å². The number of hydrogen-bond acceptors (Lipinski definition) is 4. The predicted octanol–water partition coefficient (Wildman–Crippen LogP) is 4.06. The van der Waals surface area contributed by atoms with E-state index in [1.165, 1.54) is 13.8 Å². The molecule has 150 valence electrons. The highest BCUT2D eigenvalue weighted by molar-refractivity contribution is 14.1. The molecule has 0 saturated carbocycles. The van der Waals surface area contributed by atoms with Crippen LogP contribution in [0.1, 0.15) is 31.5 Å². The molecule has 0 spiro atoms. The number of aromatic nitrogens is 3. The highest BCUT2D eigenvalue weighted by atomic mass is 125. The Hall–Kier alpha value is -1.32. The Morgan fingerprint density at radius 2 is 2.04 bits per heavy atom. The van der Waals surface area contributed by atoms with Crippen molar-refractivity contribution in [3.63, 3.8) is 0 Å². The molecule has 1 N–H and O–H groups in total. The minimum Gasteiger partial charge on any atom is -0.396 e. The first-order valence-electron chi connectivity index (χ1n) is 9.48. The monoisotopic (exact) mass is 509 g/mol. The number of nitrogens with zero attached hydrogens (tertiary/aromatic N) is 3. The van der Waals surface area contributed by atoms with Crippen LogP contribution in [0.25, 0.3) is 10.8 Å². The van der Waals surface area contributed by atoms with E-state index in [9.17, 15) is 9.90 Å². The van der Waals surface area contributed by atoms with Crippen LogP contribution < -0.4 is 5.56 Å². The van der Waals surface area contributed by atoms with E-state index in [2.05, 4.69) is 64.4 Å². The van der Waals surface area contributed by atoms with Gasteiger partial charge in [-0.25, -0.2) is 4.68 Å². The molecule has 0 amide bonds. The Morgan fingerprint density at radius 1 is 1.29 bits per heavy atom. The first-order valence-corrected chi connectivity index (χ1v) is 11.5. The topological polar surface area (TPSA) is 60.1 Å². The Kier molecular flexibility index (Phi) is 7.22. The number of aryl methyl sites for hydroxylation is 1. The van der Waals surface area contributed by atoms with Crippen LogP contribution in [0.15, 0.2) is 40.3 Å². The van der Waals surface area contributed by atoms with Crippen LogP contribution in [0.4, 0.5) is 0 Å². The Bertz CT molecular complexity index is 1030. The fourth-order valence-electron chi connectivity index (χ4n) is 3.26. The lowest BCUT2D eigenvalue weighted by Crippen LogP contribution is -2.22. The maximum atomic E-state index is 13.0. The number of aliphatic hydroxyl groups is 1. The summed E-state index contributed by atoms with van der Waals surface area (Å²) in [5.74, 6) is 1.23. The normalized spacial score (nSPS) is 11.6. The van der Waals surface area contributed by atoms with Crippen molar-refractivity contribution in [1.29, 1.82) is 0 Å². The Morgan fingerprint density at radius 3 is 2.71 bits per heavy atom. The minimum absolute atomic E-state index is 0.0597. The molecule has 1 aromatic carbocycles. The molecule has 7 heteroatoms. The first kappa shape index (κ1) is 21.4. The number of benzene rings is 1. The van der Waals surface area contributed by atoms with Crippen LogP contribution >= 0.6 is 34.4 Å². The fraction of sp³-hybridized carbons (Fsp3) is 0.429. The van der Waals surface area contributed by atoms with Gasteiger partial charge in [0.05, 0.1) is 16.1 Å². The van der Waals surface area contributed by atoms with Gasteiger partial charge in [0.15, 0.2) is 0 Å². The van der Waals surface area contributed by atoms with Crippen molar-refractivity contribution in [2.24, 2.45) is 13.0 Å². The predicted molar refractivity (Wildman–Crippen MR) is 124 cm³/mol. The van der Waals surface area contributed by atoms with Gasteiger partial charge in [-0.2, -0.15) is 5.10 Å². The van der Waals surface area contributed by atoms with E-state index in [0.29, 0.717) is 18.9 Å². The van der Waals surface area contributed by atoms with Gasteiger partial charge in [-0.1, -0.05) is 32.0 Å². The van der Waals surface area contributed by atoms with Gasteiger partial charge >= 0.3 is 0 Å². The first-order chi connectivity index (χ1) is 13.4. The maximum absolute atomic E-state index is 13.0. The van der Waals surface area contributed by atoms with Gasteiger partial charge in [0.2, 0.25) is 0 Å². The molecule has 0 fully saturated rings. The number of fused-ring (bicyclic) bond motifs is 1. The lowest BCUT2D eigenvalue weighted by atomic mass is 10.1. The number of hydrogen-bond donors (Lipinski definition) is 1. The largest absolute Gasteiger partial charge is 0.396 e. The molecule has 0 unspecified atom stereocenters. The summed E-state index contributed by atoms with van der Waals surface area (Å²) in [5, 5.41) is 16.4. The summed E-state index contributed by atoms with van der Waals surface area (Å²) in [6, 6.07) is 8.31. The summed E-state index contributed by atoms with van der Waals surface area (Å²) < 4.78 is 4.85. The standard InChI is InChI=1S/C21H26IN3O2S/c1-14(2)11-18-16-13-25(12-15-7-4-5-8-17(15)22)21(28-10-6-9-26)19(16)20(27)24(3)23-18/h4-5,7-8,13-14,26H,6,9-12H2,1-3H3/i22-2. The van der Waals surface area contributed by atoms with Crippen molar-refractivity contribution in [3.05, 3.63) is 55.6 Å². The molecule has 0 radical (unpaired) electrons. The number of rotatable bonds is 8. The number of thioether (sulfide) groups is 1. The summed E-state index contributed by atoms with van der Waals surface area (Å²) in [5.41, 5.74) is 2.13. The Labute approximate surface area is 183 Å². The van der Waals surface area contributed by atoms with Crippen molar-refractivity contribution in [1.82, 2.24) is 14.3 Å². The van der Waals surface area contributed by atoms with Gasteiger partial charge in [-0.05, 0) is 53.0 Å². The molecule has 3 aromatic rings. The van der Waals surface area contributed by atoms with E-state index in [1.54, 1.807) is 18.8 Å². The third kappa shape index (κ3) is 4.63. The van der Waals surface area contributed by atoms with Crippen molar-refractivity contribution in [3.8, 4) is 0 Å². The summed E-state index contributed by atoms with van der Waals surface area (Å²) in [4.78, 5) is 13.0. The van der Waals surface area contributed by atoms with E-state index in [-0.39, 0.29) is 12.2 Å². The molecule has 0 bridgehead atoms. The van der Waals surface area contributed by atoms with E-state index in [0.717, 1.165) is 33.7 Å². The molecule has 5 nitrogen and oxygen atoms in total. The van der Waals surface area contributed by atoms with Crippen LogP contribution in [0, 0.1) is 9.49 Å². The lowest BCUT2D eigenvalue weighted by molar-refractivity contribution is 0.296. The average molecular weight is 509 g/mol. The number of aliphatic hydroxyl groups excluding tert-OH is 1.